The van der Waals surface area contributed by atoms with Gasteiger partial charge in [0.1, 0.15) is 0 Å². The van der Waals surface area contributed by atoms with Crippen molar-refractivity contribution in [3.05, 3.63) is 34.4 Å². The molecule has 1 aliphatic rings. The predicted molar refractivity (Wildman–Crippen MR) is 130 cm³/mol. The molecule has 0 spiro atoms. The molecule has 32 heavy (non-hydrogen) atoms. The molecule has 2 rings (SSSR count). The molecule has 1 saturated carbocycles. The van der Waals surface area contributed by atoms with E-state index >= 15 is 0 Å². The van der Waals surface area contributed by atoms with Crippen molar-refractivity contribution in [3.8, 4) is 0 Å². The third-order valence-electron chi connectivity index (χ3n) is 7.55. The first-order chi connectivity index (χ1) is 15.1. The summed E-state index contributed by atoms with van der Waals surface area (Å²) < 4.78 is 0. The Labute approximate surface area is 194 Å². The summed E-state index contributed by atoms with van der Waals surface area (Å²) in [5.74, 6) is -1.30. The minimum atomic E-state index is -0.703. The van der Waals surface area contributed by atoms with Gasteiger partial charge in [0.2, 0.25) is 0 Å². The first-order valence-corrected chi connectivity index (χ1v) is 12.6. The Morgan fingerprint density at radius 2 is 1.28 bits per heavy atom. The summed E-state index contributed by atoms with van der Waals surface area (Å²) in [7, 11) is 0. The van der Waals surface area contributed by atoms with Gasteiger partial charge in [0.25, 0.3) is 0 Å². The summed E-state index contributed by atoms with van der Waals surface area (Å²) in [6.45, 7) is 8.00. The molecule has 0 radical (unpaired) electrons. The van der Waals surface area contributed by atoms with Gasteiger partial charge < -0.3 is 10.2 Å². The van der Waals surface area contributed by atoms with Crippen LogP contribution < -0.4 is 0 Å². The number of hydrogen-bond donors (Lipinski definition) is 2. The summed E-state index contributed by atoms with van der Waals surface area (Å²) >= 11 is 0. The Hall–Kier alpha value is -1.84. The van der Waals surface area contributed by atoms with Gasteiger partial charge in [0, 0.05) is 0 Å². The fourth-order valence-electron chi connectivity index (χ4n) is 4.60. The number of hydrogen-bond acceptors (Lipinski definition) is 2. The van der Waals surface area contributed by atoms with Crippen LogP contribution in [0, 0.1) is 24.7 Å². The number of benzene rings is 1. The van der Waals surface area contributed by atoms with Gasteiger partial charge in [-0.05, 0) is 101 Å². The van der Waals surface area contributed by atoms with E-state index in [4.69, 9.17) is 0 Å². The lowest BCUT2D eigenvalue weighted by atomic mass is 9.87. The molecule has 0 heterocycles. The van der Waals surface area contributed by atoms with Gasteiger partial charge in [0.15, 0.2) is 0 Å². The molecule has 0 amide bonds. The Bertz CT molecular complexity index is 721. The molecule has 1 fully saturated rings. The molecule has 2 N–H and O–H groups in total. The quantitative estimate of drug-likeness (QED) is 0.263. The first-order valence-electron chi connectivity index (χ1n) is 12.6. The van der Waals surface area contributed by atoms with Crippen molar-refractivity contribution in [1.29, 1.82) is 0 Å². The number of carboxylic acid groups (broad SMARTS) is 2. The average molecular weight is 445 g/mol. The molecule has 0 aromatic heterocycles. The lowest BCUT2D eigenvalue weighted by Crippen LogP contribution is -2.23. The zero-order valence-electron chi connectivity index (χ0n) is 20.8. The number of aryl methyl sites for hydroxylation is 4. The highest BCUT2D eigenvalue weighted by molar-refractivity contribution is 5.77. The van der Waals surface area contributed by atoms with Crippen LogP contribution in [0.3, 0.4) is 0 Å². The molecule has 0 bridgehead atoms. The van der Waals surface area contributed by atoms with Crippen LogP contribution in [0.5, 0.6) is 0 Å². The van der Waals surface area contributed by atoms with Gasteiger partial charge >= 0.3 is 11.9 Å². The summed E-state index contributed by atoms with van der Waals surface area (Å²) in [6.07, 6.45) is 14.4. The molecule has 1 aromatic carbocycles. The molecular formula is C28H44O4. The first kappa shape index (κ1) is 26.4. The number of rotatable bonds is 16. The maximum atomic E-state index is 11.3. The van der Waals surface area contributed by atoms with Crippen molar-refractivity contribution in [2.75, 3.05) is 0 Å². The van der Waals surface area contributed by atoms with Crippen LogP contribution in [-0.2, 0) is 22.4 Å². The van der Waals surface area contributed by atoms with Crippen LogP contribution >= 0.6 is 0 Å². The van der Waals surface area contributed by atoms with Crippen molar-refractivity contribution >= 4 is 11.9 Å². The average Bonchev–Trinajstić information content (AvgIpc) is 3.51. The molecular weight excluding hydrogens is 400 g/mol. The maximum absolute atomic E-state index is 11.3. The van der Waals surface area contributed by atoms with Crippen LogP contribution in [0.1, 0.15) is 113 Å². The van der Waals surface area contributed by atoms with Gasteiger partial charge in [-0.25, -0.2) is 0 Å². The lowest BCUT2D eigenvalue weighted by Gasteiger charge is -2.18. The second-order valence-corrected chi connectivity index (χ2v) is 10.8. The molecule has 0 unspecified atom stereocenters. The Morgan fingerprint density at radius 1 is 0.812 bits per heavy atom. The highest BCUT2D eigenvalue weighted by Gasteiger charge is 2.49. The van der Waals surface area contributed by atoms with E-state index in [1.165, 1.54) is 35.1 Å². The monoisotopic (exact) mass is 444 g/mol. The minimum absolute atomic E-state index is 0.370. The standard InChI is InChI=1S/C28H44O4/c1-21-19-23(13-9-5-7-11-15-27(3,4)25(29)30)24(20-22(21)2)14-10-6-8-12-16-28(17-18-28)26(31)32/h19-20H,5-18H2,1-4H3,(H,29,30)(H,31,32). The van der Waals surface area contributed by atoms with Gasteiger partial charge in [0.05, 0.1) is 10.8 Å². The SMILES string of the molecule is Cc1cc(CCCCCCC(C)(C)C(=O)O)c(CCCCCCC2(C(=O)O)CC2)cc1C. The smallest absolute Gasteiger partial charge is 0.309 e. The summed E-state index contributed by atoms with van der Waals surface area (Å²) in [5, 5.41) is 18.5. The maximum Gasteiger partial charge on any atom is 0.309 e. The molecule has 1 aromatic rings. The van der Waals surface area contributed by atoms with Gasteiger partial charge in [-0.2, -0.15) is 0 Å². The fraction of sp³-hybridized carbons (Fsp3) is 0.714. The van der Waals surface area contributed by atoms with Crippen LogP contribution in [-0.4, -0.2) is 22.2 Å². The lowest BCUT2D eigenvalue weighted by molar-refractivity contribution is -0.147. The van der Waals surface area contributed by atoms with Gasteiger partial charge in [-0.3, -0.25) is 9.59 Å². The van der Waals surface area contributed by atoms with Crippen molar-refractivity contribution < 1.29 is 19.8 Å². The van der Waals surface area contributed by atoms with E-state index in [0.717, 1.165) is 77.0 Å². The topological polar surface area (TPSA) is 74.6 Å². The van der Waals surface area contributed by atoms with E-state index in [0.29, 0.717) is 0 Å². The van der Waals surface area contributed by atoms with E-state index in [9.17, 15) is 19.8 Å². The van der Waals surface area contributed by atoms with Gasteiger partial charge in [-0.1, -0.05) is 50.7 Å². The number of aliphatic carboxylic acids is 2. The summed E-state index contributed by atoms with van der Waals surface area (Å²) in [6, 6.07) is 4.73. The van der Waals surface area contributed by atoms with Crippen LogP contribution in [0.4, 0.5) is 0 Å². The number of unbranched alkanes of at least 4 members (excludes halogenated alkanes) is 6. The van der Waals surface area contributed by atoms with Crippen molar-refractivity contribution in [1.82, 2.24) is 0 Å². The van der Waals surface area contributed by atoms with Gasteiger partial charge in [-0.15, -0.1) is 0 Å². The second-order valence-electron chi connectivity index (χ2n) is 10.8. The molecule has 0 aliphatic heterocycles. The van der Waals surface area contributed by atoms with E-state index < -0.39 is 17.4 Å². The number of carboxylic acids is 2. The van der Waals surface area contributed by atoms with Crippen molar-refractivity contribution in [3.63, 3.8) is 0 Å². The summed E-state index contributed by atoms with van der Waals surface area (Å²) in [4.78, 5) is 22.5. The minimum Gasteiger partial charge on any atom is -0.481 e. The second kappa shape index (κ2) is 11.9. The fourth-order valence-corrected chi connectivity index (χ4v) is 4.60. The Balaban J connectivity index is 1.71. The zero-order chi connectivity index (χ0) is 23.8. The molecule has 0 atom stereocenters. The number of carbonyl (C=O) groups is 2. The third kappa shape index (κ3) is 7.94. The van der Waals surface area contributed by atoms with Crippen LogP contribution in [0.15, 0.2) is 12.1 Å². The van der Waals surface area contributed by atoms with E-state index in [1.54, 1.807) is 0 Å². The van der Waals surface area contributed by atoms with E-state index in [1.807, 2.05) is 13.8 Å². The van der Waals surface area contributed by atoms with E-state index in [-0.39, 0.29) is 5.41 Å². The Morgan fingerprint density at radius 3 is 1.72 bits per heavy atom. The molecule has 0 saturated heterocycles. The molecule has 1 aliphatic carbocycles. The van der Waals surface area contributed by atoms with Crippen LogP contribution in [0.2, 0.25) is 0 Å². The third-order valence-corrected chi connectivity index (χ3v) is 7.55. The molecule has 4 nitrogen and oxygen atoms in total. The Kier molecular flexibility index (Phi) is 9.79. The molecule has 180 valence electrons. The highest BCUT2D eigenvalue weighted by Crippen LogP contribution is 2.50. The highest BCUT2D eigenvalue weighted by atomic mass is 16.4. The largest absolute Gasteiger partial charge is 0.481 e. The van der Waals surface area contributed by atoms with Crippen molar-refractivity contribution in [2.24, 2.45) is 10.8 Å². The van der Waals surface area contributed by atoms with Crippen molar-refractivity contribution in [2.45, 2.75) is 118 Å². The predicted octanol–water partition coefficient (Wildman–Crippen LogP) is 7.27. The zero-order valence-corrected chi connectivity index (χ0v) is 20.8. The summed E-state index contributed by atoms with van der Waals surface area (Å²) in [5.41, 5.74) is 4.68. The normalized spacial score (nSPS) is 15.0. The molecule has 4 heteroatoms. The van der Waals surface area contributed by atoms with Crippen LogP contribution in [0.25, 0.3) is 0 Å². The van der Waals surface area contributed by atoms with E-state index in [2.05, 4.69) is 26.0 Å².